The van der Waals surface area contributed by atoms with Gasteiger partial charge in [-0.25, -0.2) is 9.18 Å². The second-order valence-corrected chi connectivity index (χ2v) is 6.93. The summed E-state index contributed by atoms with van der Waals surface area (Å²) in [6, 6.07) is 10.8. The molecule has 1 fully saturated rings. The molecule has 0 saturated carbocycles. The molecule has 1 saturated heterocycles. The number of carbonyl (C=O) groups excluding carboxylic acids is 4. The second kappa shape index (κ2) is 7.75. The predicted octanol–water partition coefficient (Wildman–Crippen LogP) is 2.31. The highest BCUT2D eigenvalue weighted by molar-refractivity contribution is 6.11. The molecule has 4 amide bonds. The van der Waals surface area contributed by atoms with Gasteiger partial charge in [0.2, 0.25) is 5.91 Å². The van der Waals surface area contributed by atoms with Gasteiger partial charge in [0.15, 0.2) is 5.78 Å². The van der Waals surface area contributed by atoms with Gasteiger partial charge >= 0.3 is 6.03 Å². The lowest BCUT2D eigenvalue weighted by Crippen LogP contribution is -2.41. The molecule has 1 aliphatic heterocycles. The van der Waals surface area contributed by atoms with Crippen molar-refractivity contribution in [3.8, 4) is 6.07 Å². The number of benzene rings is 2. The van der Waals surface area contributed by atoms with E-state index in [1.165, 1.54) is 38.1 Å². The van der Waals surface area contributed by atoms with E-state index in [1.807, 2.05) is 6.07 Å². The molecule has 0 spiro atoms. The smallest absolute Gasteiger partial charge is 0.325 e. The highest BCUT2D eigenvalue weighted by Gasteiger charge is 2.49. The Hall–Kier alpha value is -4.06. The zero-order valence-corrected chi connectivity index (χ0v) is 16.2. The van der Waals surface area contributed by atoms with Gasteiger partial charge in [-0.3, -0.25) is 19.3 Å². The number of rotatable bonds is 5. The Morgan fingerprint density at radius 2 is 1.87 bits per heavy atom. The lowest BCUT2D eigenvalue weighted by Gasteiger charge is -2.22. The Labute approximate surface area is 171 Å². The molecule has 3 rings (SSSR count). The number of halogens is 1. The van der Waals surface area contributed by atoms with Crippen molar-refractivity contribution in [2.75, 3.05) is 11.9 Å². The van der Waals surface area contributed by atoms with Gasteiger partial charge in [-0.2, -0.15) is 5.26 Å². The summed E-state index contributed by atoms with van der Waals surface area (Å²) in [6.45, 7) is 2.11. The molecule has 8 nitrogen and oxygen atoms in total. The number of Topliss-reactive ketones (excluding diaryl/α,β-unsaturated/α-hetero) is 1. The molecule has 2 N–H and O–H groups in total. The van der Waals surface area contributed by atoms with Crippen molar-refractivity contribution in [3.05, 3.63) is 65.0 Å². The van der Waals surface area contributed by atoms with E-state index in [2.05, 4.69) is 10.6 Å². The van der Waals surface area contributed by atoms with Gasteiger partial charge in [0.05, 0.1) is 23.7 Å². The molecular formula is C21H17FN4O4. The van der Waals surface area contributed by atoms with Crippen molar-refractivity contribution < 1.29 is 23.6 Å². The Balaban J connectivity index is 1.80. The summed E-state index contributed by atoms with van der Waals surface area (Å²) in [6.07, 6.45) is 0. The monoisotopic (exact) mass is 408 g/mol. The minimum absolute atomic E-state index is 0.180. The fourth-order valence-corrected chi connectivity index (χ4v) is 3.17. The number of nitrogens with zero attached hydrogens (tertiary/aromatic N) is 2. The number of carbonyl (C=O) groups is 4. The SMILES string of the molecule is CC(=O)Nc1ccc(C(=O)CN2C(=O)N[C@@](C)(c3ccc(C#N)cc3)C2=O)c(F)c1. The predicted molar refractivity (Wildman–Crippen MR) is 104 cm³/mol. The molecule has 1 aliphatic rings. The maximum Gasteiger partial charge on any atom is 0.325 e. The number of hydrogen-bond donors (Lipinski definition) is 2. The van der Waals surface area contributed by atoms with Crippen LogP contribution in [0.2, 0.25) is 0 Å². The number of imide groups is 1. The van der Waals surface area contributed by atoms with E-state index in [1.54, 1.807) is 12.1 Å². The van der Waals surface area contributed by atoms with E-state index < -0.39 is 41.5 Å². The minimum Gasteiger partial charge on any atom is -0.326 e. The van der Waals surface area contributed by atoms with Crippen LogP contribution in [0.25, 0.3) is 0 Å². The van der Waals surface area contributed by atoms with Crippen LogP contribution in [0.15, 0.2) is 42.5 Å². The third-order valence-electron chi connectivity index (χ3n) is 4.76. The molecule has 9 heteroatoms. The van der Waals surface area contributed by atoms with E-state index in [0.717, 1.165) is 11.0 Å². The summed E-state index contributed by atoms with van der Waals surface area (Å²) in [7, 11) is 0. The molecule has 1 atom stereocenters. The Morgan fingerprint density at radius 1 is 1.20 bits per heavy atom. The van der Waals surface area contributed by atoms with Crippen molar-refractivity contribution in [2.24, 2.45) is 0 Å². The molecule has 0 radical (unpaired) electrons. The third kappa shape index (κ3) is 3.75. The van der Waals surface area contributed by atoms with Crippen molar-refractivity contribution in [1.82, 2.24) is 10.2 Å². The first-order valence-corrected chi connectivity index (χ1v) is 8.91. The molecule has 0 bridgehead atoms. The summed E-state index contributed by atoms with van der Waals surface area (Å²) >= 11 is 0. The highest BCUT2D eigenvalue weighted by Crippen LogP contribution is 2.29. The molecular weight excluding hydrogens is 391 g/mol. The van der Waals surface area contributed by atoms with E-state index >= 15 is 0 Å². The lowest BCUT2D eigenvalue weighted by atomic mass is 9.91. The zero-order valence-electron chi connectivity index (χ0n) is 16.2. The van der Waals surface area contributed by atoms with E-state index in [-0.39, 0.29) is 11.3 Å². The third-order valence-corrected chi connectivity index (χ3v) is 4.76. The van der Waals surface area contributed by atoms with E-state index in [0.29, 0.717) is 11.1 Å². The first-order chi connectivity index (χ1) is 14.2. The van der Waals surface area contributed by atoms with Crippen LogP contribution in [-0.2, 0) is 15.1 Å². The standard InChI is InChI=1S/C21H17FN4O4/c1-12(27)24-15-7-8-16(17(22)9-15)18(28)11-26-19(29)21(2,25-20(26)30)14-5-3-13(10-23)4-6-14/h3-9H,11H2,1-2H3,(H,24,27)(H,25,30)/t21-/m0/s1. The van der Waals surface area contributed by atoms with Gasteiger partial charge in [0, 0.05) is 12.6 Å². The molecule has 152 valence electrons. The molecule has 0 unspecified atom stereocenters. The van der Waals surface area contributed by atoms with E-state index in [4.69, 9.17) is 5.26 Å². The Kier molecular flexibility index (Phi) is 5.34. The van der Waals surface area contributed by atoms with Crippen LogP contribution in [0, 0.1) is 17.1 Å². The van der Waals surface area contributed by atoms with Gasteiger partial charge in [-0.1, -0.05) is 12.1 Å². The van der Waals surface area contributed by atoms with Crippen LogP contribution in [0.3, 0.4) is 0 Å². The molecule has 1 heterocycles. The number of amides is 4. The lowest BCUT2D eigenvalue weighted by molar-refractivity contribution is -0.130. The van der Waals surface area contributed by atoms with Gasteiger partial charge in [-0.15, -0.1) is 0 Å². The van der Waals surface area contributed by atoms with Gasteiger partial charge in [-0.05, 0) is 42.8 Å². The van der Waals surface area contributed by atoms with Crippen molar-refractivity contribution in [1.29, 1.82) is 5.26 Å². The highest BCUT2D eigenvalue weighted by atomic mass is 19.1. The average molecular weight is 408 g/mol. The molecule has 2 aromatic rings. The topological polar surface area (TPSA) is 119 Å². The number of urea groups is 1. The maximum absolute atomic E-state index is 14.3. The number of nitrogens with one attached hydrogen (secondary N) is 2. The van der Waals surface area contributed by atoms with Gasteiger partial charge < -0.3 is 10.6 Å². The summed E-state index contributed by atoms with van der Waals surface area (Å²) in [5, 5.41) is 13.8. The normalized spacial score (nSPS) is 18.0. The van der Waals surface area contributed by atoms with Gasteiger partial charge in [0.1, 0.15) is 11.4 Å². The molecule has 0 aliphatic carbocycles. The van der Waals surface area contributed by atoms with Crippen molar-refractivity contribution >= 4 is 29.3 Å². The molecule has 30 heavy (non-hydrogen) atoms. The summed E-state index contributed by atoms with van der Waals surface area (Å²) in [5.41, 5.74) is -0.708. The van der Waals surface area contributed by atoms with Crippen molar-refractivity contribution in [3.63, 3.8) is 0 Å². The number of nitriles is 1. The van der Waals surface area contributed by atoms with E-state index in [9.17, 15) is 23.6 Å². The maximum atomic E-state index is 14.3. The molecule has 0 aromatic heterocycles. The van der Waals surface area contributed by atoms with Crippen LogP contribution in [-0.4, -0.2) is 35.1 Å². The average Bonchev–Trinajstić information content (AvgIpc) is 2.91. The number of hydrogen-bond acceptors (Lipinski definition) is 5. The van der Waals surface area contributed by atoms with Crippen LogP contribution >= 0.6 is 0 Å². The Bertz CT molecular complexity index is 1110. The summed E-state index contributed by atoms with van der Waals surface area (Å²) < 4.78 is 14.3. The fourth-order valence-electron chi connectivity index (χ4n) is 3.17. The van der Waals surface area contributed by atoms with Crippen LogP contribution < -0.4 is 10.6 Å². The first-order valence-electron chi connectivity index (χ1n) is 8.91. The Morgan fingerprint density at radius 3 is 2.43 bits per heavy atom. The largest absolute Gasteiger partial charge is 0.326 e. The quantitative estimate of drug-likeness (QED) is 0.581. The zero-order chi connectivity index (χ0) is 22.1. The minimum atomic E-state index is -1.42. The van der Waals surface area contributed by atoms with Crippen molar-refractivity contribution in [2.45, 2.75) is 19.4 Å². The number of ketones is 1. The fraction of sp³-hybridized carbons (Fsp3) is 0.190. The van der Waals surface area contributed by atoms with Crippen LogP contribution in [0.5, 0.6) is 0 Å². The molecule has 2 aromatic carbocycles. The number of anilines is 1. The van der Waals surface area contributed by atoms with Gasteiger partial charge in [0.25, 0.3) is 5.91 Å². The van der Waals surface area contributed by atoms with Crippen LogP contribution in [0.1, 0.15) is 35.3 Å². The first kappa shape index (κ1) is 20.7. The summed E-state index contributed by atoms with van der Waals surface area (Å²) in [5.74, 6) is -2.71. The second-order valence-electron chi connectivity index (χ2n) is 6.93. The van der Waals surface area contributed by atoms with Crippen LogP contribution in [0.4, 0.5) is 14.9 Å². The summed E-state index contributed by atoms with van der Waals surface area (Å²) in [4.78, 5) is 49.6.